The molecule has 1 aliphatic rings. The maximum Gasteiger partial charge on any atom is 0.289 e. The van der Waals surface area contributed by atoms with E-state index in [1.54, 1.807) is 31.2 Å². The van der Waals surface area contributed by atoms with Gasteiger partial charge in [-0.2, -0.15) is 0 Å². The molecule has 8 nitrogen and oxygen atoms in total. The summed E-state index contributed by atoms with van der Waals surface area (Å²) in [6, 6.07) is 6.24. The minimum Gasteiger partial charge on any atom is -0.488 e. The summed E-state index contributed by atoms with van der Waals surface area (Å²) in [4.78, 5) is 28.0. The van der Waals surface area contributed by atoms with Crippen molar-refractivity contribution in [1.29, 1.82) is 0 Å². The van der Waals surface area contributed by atoms with Gasteiger partial charge in [-0.1, -0.05) is 6.92 Å². The zero-order valence-corrected chi connectivity index (χ0v) is 15.4. The number of oxazole rings is 1. The van der Waals surface area contributed by atoms with E-state index in [1.165, 1.54) is 0 Å². The van der Waals surface area contributed by atoms with Crippen LogP contribution < -0.4 is 15.8 Å². The summed E-state index contributed by atoms with van der Waals surface area (Å²) >= 11 is 0. The van der Waals surface area contributed by atoms with E-state index >= 15 is 0 Å². The van der Waals surface area contributed by atoms with Crippen molar-refractivity contribution in [3.05, 3.63) is 47.2 Å². The third-order valence-corrected chi connectivity index (χ3v) is 4.39. The zero-order chi connectivity index (χ0) is 19.4. The van der Waals surface area contributed by atoms with Crippen LogP contribution in [0.25, 0.3) is 0 Å². The first-order valence-electron chi connectivity index (χ1n) is 8.89. The third kappa shape index (κ3) is 4.46. The van der Waals surface area contributed by atoms with Crippen molar-refractivity contribution in [2.45, 2.75) is 38.8 Å². The topological polar surface area (TPSA) is 117 Å². The molecule has 2 amide bonds. The molecule has 3 N–H and O–H groups in total. The average molecular weight is 373 g/mol. The molecule has 1 aliphatic heterocycles. The van der Waals surface area contributed by atoms with Crippen molar-refractivity contribution >= 4 is 11.8 Å². The maximum atomic E-state index is 12.6. The van der Waals surface area contributed by atoms with Crippen molar-refractivity contribution in [2.75, 3.05) is 13.2 Å². The molecule has 1 aromatic heterocycles. The second kappa shape index (κ2) is 8.22. The second-order valence-corrected chi connectivity index (χ2v) is 6.36. The van der Waals surface area contributed by atoms with E-state index in [-0.39, 0.29) is 23.8 Å². The van der Waals surface area contributed by atoms with Crippen molar-refractivity contribution in [1.82, 2.24) is 10.3 Å². The number of carbonyl (C=O) groups excluding carboxylic acids is 2. The minimum atomic E-state index is -0.494. The molecule has 0 unspecified atom stereocenters. The number of ether oxygens (including phenoxy) is 2. The lowest BCUT2D eigenvalue weighted by Gasteiger charge is -2.32. The van der Waals surface area contributed by atoms with E-state index in [9.17, 15) is 9.59 Å². The normalized spacial score (nSPS) is 19.5. The van der Waals surface area contributed by atoms with E-state index < -0.39 is 5.91 Å². The first kappa shape index (κ1) is 18.9. The van der Waals surface area contributed by atoms with Crippen molar-refractivity contribution in [3.8, 4) is 5.75 Å². The summed E-state index contributed by atoms with van der Waals surface area (Å²) in [5.74, 6) is 0.497. The van der Waals surface area contributed by atoms with Gasteiger partial charge in [0.1, 0.15) is 11.9 Å². The van der Waals surface area contributed by atoms with Crippen LogP contribution >= 0.6 is 0 Å². The number of hydrogen-bond donors (Lipinski definition) is 2. The van der Waals surface area contributed by atoms with Crippen LogP contribution in [0, 0.1) is 6.92 Å². The fourth-order valence-electron chi connectivity index (χ4n) is 2.91. The number of aromatic nitrogens is 1. The Morgan fingerprint density at radius 2 is 2.07 bits per heavy atom. The Balaban J connectivity index is 1.68. The number of nitrogens with one attached hydrogen (secondary N) is 1. The van der Waals surface area contributed by atoms with E-state index in [0.717, 1.165) is 0 Å². The lowest BCUT2D eigenvalue weighted by Crippen LogP contribution is -2.51. The maximum absolute atomic E-state index is 12.6. The molecule has 0 radical (unpaired) electrons. The predicted octanol–water partition coefficient (Wildman–Crippen LogP) is 1.61. The minimum absolute atomic E-state index is 0.210. The van der Waals surface area contributed by atoms with E-state index in [1.807, 2.05) is 6.92 Å². The summed E-state index contributed by atoms with van der Waals surface area (Å²) in [5.41, 5.74) is 6.21. The molecule has 0 spiro atoms. The van der Waals surface area contributed by atoms with Gasteiger partial charge in [-0.05, 0) is 31.2 Å². The summed E-state index contributed by atoms with van der Waals surface area (Å²) in [6.45, 7) is 4.53. The Bertz CT molecular complexity index is 815. The molecule has 2 aromatic rings. The van der Waals surface area contributed by atoms with Crippen LogP contribution in [-0.4, -0.2) is 42.2 Å². The highest BCUT2D eigenvalue weighted by Gasteiger charge is 2.31. The zero-order valence-electron chi connectivity index (χ0n) is 15.4. The standard InChI is InChI=1S/C19H23N3O5/c1-3-16-21-11(2)17(27-16)19(24)22-14-10-25-9-8-15(14)26-13-6-4-12(5-7-13)18(20)23/h4-7,14-15H,3,8-10H2,1-2H3,(H2,20,23)(H,22,24)/t14-,15-/m1/s1. The van der Waals surface area contributed by atoms with Gasteiger partial charge in [-0.25, -0.2) is 4.98 Å². The Morgan fingerprint density at radius 1 is 1.33 bits per heavy atom. The van der Waals surface area contributed by atoms with Crippen LogP contribution in [0.15, 0.2) is 28.7 Å². The number of nitrogens with zero attached hydrogens (tertiary/aromatic N) is 1. The smallest absolute Gasteiger partial charge is 0.289 e. The number of primary amides is 1. The summed E-state index contributed by atoms with van der Waals surface area (Å²) in [5, 5.41) is 2.92. The van der Waals surface area contributed by atoms with Gasteiger partial charge in [-0.3, -0.25) is 9.59 Å². The van der Waals surface area contributed by atoms with Gasteiger partial charge >= 0.3 is 0 Å². The average Bonchev–Trinajstić information content (AvgIpc) is 3.05. The molecule has 144 valence electrons. The van der Waals surface area contributed by atoms with Crippen molar-refractivity contribution in [2.24, 2.45) is 5.73 Å². The predicted molar refractivity (Wildman–Crippen MR) is 96.7 cm³/mol. The molecule has 1 aromatic carbocycles. The molecule has 3 rings (SSSR count). The number of hydrogen-bond acceptors (Lipinski definition) is 6. The van der Waals surface area contributed by atoms with Gasteiger partial charge in [0.25, 0.3) is 5.91 Å². The monoisotopic (exact) mass is 373 g/mol. The molecular weight excluding hydrogens is 350 g/mol. The van der Waals surface area contributed by atoms with Crippen LogP contribution in [0.1, 0.15) is 45.8 Å². The van der Waals surface area contributed by atoms with Gasteiger partial charge in [0, 0.05) is 18.4 Å². The molecule has 2 heterocycles. The van der Waals surface area contributed by atoms with Crippen LogP contribution in [0.5, 0.6) is 5.75 Å². The number of benzene rings is 1. The Morgan fingerprint density at radius 3 is 2.70 bits per heavy atom. The molecule has 1 fully saturated rings. The molecule has 0 bridgehead atoms. The SMILES string of the molecule is CCc1nc(C)c(C(=O)N[C@@H]2COCC[C@H]2Oc2ccc(C(N)=O)cc2)o1. The summed E-state index contributed by atoms with van der Waals surface area (Å²) < 4.78 is 17.0. The number of aryl methyl sites for hydroxylation is 2. The summed E-state index contributed by atoms with van der Waals surface area (Å²) in [7, 11) is 0. The van der Waals surface area contributed by atoms with Gasteiger partial charge in [-0.15, -0.1) is 0 Å². The molecule has 27 heavy (non-hydrogen) atoms. The van der Waals surface area contributed by atoms with Gasteiger partial charge < -0.3 is 24.9 Å². The lowest BCUT2D eigenvalue weighted by atomic mass is 10.1. The van der Waals surface area contributed by atoms with E-state index in [0.29, 0.717) is 49.0 Å². The van der Waals surface area contributed by atoms with Crippen LogP contribution in [0.2, 0.25) is 0 Å². The molecule has 0 aliphatic carbocycles. The number of amides is 2. The second-order valence-electron chi connectivity index (χ2n) is 6.36. The Kier molecular flexibility index (Phi) is 5.75. The quantitative estimate of drug-likeness (QED) is 0.794. The molecular formula is C19H23N3O5. The first-order chi connectivity index (χ1) is 13.0. The highest BCUT2D eigenvalue weighted by molar-refractivity contribution is 5.93. The van der Waals surface area contributed by atoms with Crippen LogP contribution in [-0.2, 0) is 11.2 Å². The van der Waals surface area contributed by atoms with Gasteiger partial charge in [0.05, 0.1) is 24.9 Å². The highest BCUT2D eigenvalue weighted by atomic mass is 16.5. The van der Waals surface area contributed by atoms with Crippen LogP contribution in [0.3, 0.4) is 0 Å². The number of rotatable bonds is 6. The molecule has 2 atom stereocenters. The largest absolute Gasteiger partial charge is 0.488 e. The van der Waals surface area contributed by atoms with Crippen LogP contribution in [0.4, 0.5) is 0 Å². The molecule has 8 heteroatoms. The molecule has 1 saturated heterocycles. The third-order valence-electron chi connectivity index (χ3n) is 4.39. The first-order valence-corrected chi connectivity index (χ1v) is 8.89. The summed E-state index contributed by atoms with van der Waals surface area (Å²) in [6.07, 6.45) is 0.974. The lowest BCUT2D eigenvalue weighted by molar-refractivity contribution is -0.00323. The number of nitrogens with two attached hydrogens (primary N) is 1. The van der Waals surface area contributed by atoms with Crippen molar-refractivity contribution < 1.29 is 23.5 Å². The fourth-order valence-corrected chi connectivity index (χ4v) is 2.91. The van der Waals surface area contributed by atoms with E-state index in [2.05, 4.69) is 10.3 Å². The fraction of sp³-hybridized carbons (Fsp3) is 0.421. The van der Waals surface area contributed by atoms with Crippen molar-refractivity contribution in [3.63, 3.8) is 0 Å². The van der Waals surface area contributed by atoms with E-state index in [4.69, 9.17) is 19.6 Å². The highest BCUT2D eigenvalue weighted by Crippen LogP contribution is 2.20. The van der Waals surface area contributed by atoms with Gasteiger partial charge in [0.2, 0.25) is 11.7 Å². The Labute approximate surface area is 157 Å². The Hall–Kier alpha value is -2.87. The molecule has 0 saturated carbocycles. The number of carbonyl (C=O) groups is 2. The van der Waals surface area contributed by atoms with Gasteiger partial charge in [0.15, 0.2) is 5.89 Å².